The quantitative estimate of drug-likeness (QED) is 0.841. The molecule has 0 radical (unpaired) electrons. The second kappa shape index (κ2) is 6.50. The number of amides is 1. The van der Waals surface area contributed by atoms with Crippen LogP contribution in [0.4, 0.5) is 0 Å². The van der Waals surface area contributed by atoms with Crippen LogP contribution in [0.2, 0.25) is 10.0 Å². The second-order valence-electron chi connectivity index (χ2n) is 4.96. The number of halogens is 2. The maximum Gasteiger partial charge on any atom is 0.252 e. The van der Waals surface area contributed by atoms with Gasteiger partial charge in [0.15, 0.2) is 0 Å². The van der Waals surface area contributed by atoms with Crippen molar-refractivity contribution in [3.8, 4) is 0 Å². The van der Waals surface area contributed by atoms with Gasteiger partial charge in [-0.3, -0.25) is 4.79 Å². The van der Waals surface area contributed by atoms with Crippen LogP contribution >= 0.6 is 23.2 Å². The zero-order chi connectivity index (χ0) is 16.4. The van der Waals surface area contributed by atoms with Gasteiger partial charge in [-0.1, -0.05) is 23.2 Å². The molecule has 0 heterocycles. The number of hydrogen-bond acceptors (Lipinski definition) is 4. The molecule has 0 saturated carbocycles. The van der Waals surface area contributed by atoms with E-state index in [1.54, 1.807) is 13.8 Å². The molecule has 1 aromatic rings. The van der Waals surface area contributed by atoms with Gasteiger partial charge in [-0.15, -0.1) is 0 Å². The summed E-state index contributed by atoms with van der Waals surface area (Å²) in [7, 11) is -2.48. The Balaban J connectivity index is 3.13. The molecule has 0 saturated heterocycles. The number of nitrogens with one attached hydrogen (secondary N) is 1. The van der Waals surface area contributed by atoms with Gasteiger partial charge >= 0.3 is 0 Å². The molecule has 0 bridgehead atoms. The van der Waals surface area contributed by atoms with Gasteiger partial charge in [-0.2, -0.15) is 0 Å². The zero-order valence-electron chi connectivity index (χ0n) is 11.7. The van der Waals surface area contributed by atoms with E-state index in [4.69, 9.17) is 33.1 Å². The van der Waals surface area contributed by atoms with E-state index in [-0.39, 0.29) is 27.0 Å². The number of benzene rings is 1. The van der Waals surface area contributed by atoms with Gasteiger partial charge in [-0.25, -0.2) is 13.6 Å². The number of sulfonamides is 1. The number of methoxy groups -OCH3 is 1. The summed E-state index contributed by atoms with van der Waals surface area (Å²) in [5.41, 5.74) is -0.649. The summed E-state index contributed by atoms with van der Waals surface area (Å²) >= 11 is 11.8. The lowest BCUT2D eigenvalue weighted by molar-refractivity contribution is 0.0229. The Labute approximate surface area is 133 Å². The van der Waals surface area contributed by atoms with E-state index < -0.39 is 21.5 Å². The monoisotopic (exact) mass is 354 g/mol. The van der Waals surface area contributed by atoms with Crippen molar-refractivity contribution < 1.29 is 17.9 Å². The van der Waals surface area contributed by atoms with Crippen molar-refractivity contribution in [1.82, 2.24) is 5.32 Å². The lowest BCUT2D eigenvalue weighted by Crippen LogP contribution is -2.39. The third kappa shape index (κ3) is 4.82. The van der Waals surface area contributed by atoms with Crippen LogP contribution in [0.1, 0.15) is 24.2 Å². The Hall–Kier alpha value is -0.860. The summed E-state index contributed by atoms with van der Waals surface area (Å²) in [6, 6.07) is 2.17. The second-order valence-corrected chi connectivity index (χ2v) is 7.30. The maximum absolute atomic E-state index is 12.1. The molecular weight excluding hydrogens is 339 g/mol. The standard InChI is InChI=1S/C12H16Cl2N2O4S/c1-12(2,20-3)6-16-11(17)8-4-7(21(15,18)19)5-9(13)10(8)14/h4-5H,6H2,1-3H3,(H,16,17)(H2,15,18,19). The Kier molecular flexibility index (Phi) is 5.63. The molecule has 0 aliphatic rings. The first-order valence-electron chi connectivity index (χ1n) is 5.83. The van der Waals surface area contributed by atoms with Crippen LogP contribution < -0.4 is 10.5 Å². The average Bonchev–Trinajstić information content (AvgIpc) is 2.38. The molecule has 0 aliphatic heterocycles. The molecule has 21 heavy (non-hydrogen) atoms. The van der Waals surface area contributed by atoms with Crippen molar-refractivity contribution in [3.63, 3.8) is 0 Å². The average molecular weight is 355 g/mol. The molecule has 118 valence electrons. The largest absolute Gasteiger partial charge is 0.377 e. The van der Waals surface area contributed by atoms with Crippen molar-refractivity contribution in [1.29, 1.82) is 0 Å². The lowest BCUT2D eigenvalue weighted by Gasteiger charge is -2.23. The van der Waals surface area contributed by atoms with Crippen LogP contribution in [0.15, 0.2) is 17.0 Å². The smallest absolute Gasteiger partial charge is 0.252 e. The Morgan fingerprint density at radius 3 is 2.43 bits per heavy atom. The van der Waals surface area contributed by atoms with E-state index in [1.807, 2.05) is 0 Å². The molecule has 0 fully saturated rings. The lowest BCUT2D eigenvalue weighted by atomic mass is 10.1. The zero-order valence-corrected chi connectivity index (χ0v) is 14.1. The van der Waals surface area contributed by atoms with Crippen molar-refractivity contribution in [2.45, 2.75) is 24.3 Å². The van der Waals surface area contributed by atoms with Gasteiger partial charge in [0, 0.05) is 13.7 Å². The fraction of sp³-hybridized carbons (Fsp3) is 0.417. The minimum Gasteiger partial charge on any atom is -0.377 e. The first-order valence-corrected chi connectivity index (χ1v) is 8.13. The normalized spacial score (nSPS) is 12.3. The number of ether oxygens (including phenoxy) is 1. The molecule has 1 aromatic carbocycles. The number of rotatable bonds is 5. The summed E-state index contributed by atoms with van der Waals surface area (Å²) in [5.74, 6) is -0.572. The predicted octanol–water partition coefficient (Wildman–Crippen LogP) is 1.80. The van der Waals surface area contributed by atoms with Gasteiger partial charge in [0.1, 0.15) is 0 Å². The highest BCUT2D eigenvalue weighted by molar-refractivity contribution is 7.89. The van der Waals surface area contributed by atoms with Gasteiger partial charge in [-0.05, 0) is 26.0 Å². The predicted molar refractivity (Wildman–Crippen MR) is 81.3 cm³/mol. The van der Waals surface area contributed by atoms with Crippen molar-refractivity contribution in [2.75, 3.05) is 13.7 Å². The molecule has 9 heteroatoms. The third-order valence-electron chi connectivity index (χ3n) is 2.80. The van der Waals surface area contributed by atoms with Crippen LogP contribution in [0.5, 0.6) is 0 Å². The minimum absolute atomic E-state index is 0.0446. The SMILES string of the molecule is COC(C)(C)CNC(=O)c1cc(S(N)(=O)=O)cc(Cl)c1Cl. The first-order chi connectivity index (χ1) is 9.48. The highest BCUT2D eigenvalue weighted by Gasteiger charge is 2.22. The Morgan fingerprint density at radius 2 is 1.95 bits per heavy atom. The van der Waals surface area contributed by atoms with E-state index >= 15 is 0 Å². The van der Waals surface area contributed by atoms with E-state index in [2.05, 4.69) is 5.32 Å². The maximum atomic E-state index is 12.1. The molecule has 0 unspecified atom stereocenters. The molecule has 0 spiro atoms. The van der Waals surface area contributed by atoms with Crippen LogP contribution in [0.25, 0.3) is 0 Å². The van der Waals surface area contributed by atoms with E-state index in [1.165, 1.54) is 7.11 Å². The third-order valence-corrected chi connectivity index (χ3v) is 4.50. The molecule has 1 amide bonds. The minimum atomic E-state index is -3.99. The molecule has 6 nitrogen and oxygen atoms in total. The van der Waals surface area contributed by atoms with Gasteiger partial charge in [0.05, 0.1) is 26.1 Å². The molecule has 3 N–H and O–H groups in total. The van der Waals surface area contributed by atoms with Gasteiger partial charge in [0.2, 0.25) is 10.0 Å². The fourth-order valence-electron chi connectivity index (χ4n) is 1.35. The number of carbonyl (C=O) groups is 1. The Bertz CT molecular complexity index is 659. The van der Waals surface area contributed by atoms with Crippen molar-refractivity contribution >= 4 is 39.1 Å². The van der Waals surface area contributed by atoms with E-state index in [0.717, 1.165) is 12.1 Å². The number of hydrogen-bond donors (Lipinski definition) is 2. The van der Waals surface area contributed by atoms with E-state index in [9.17, 15) is 13.2 Å². The summed E-state index contributed by atoms with van der Waals surface area (Å²) in [6.45, 7) is 3.77. The van der Waals surface area contributed by atoms with Gasteiger partial charge < -0.3 is 10.1 Å². The summed E-state index contributed by atoms with van der Waals surface area (Å²) in [6.07, 6.45) is 0. The first kappa shape index (κ1) is 18.2. The van der Waals surface area contributed by atoms with E-state index in [0.29, 0.717) is 0 Å². The molecule has 0 aromatic heterocycles. The summed E-state index contributed by atoms with van der Waals surface area (Å²) < 4.78 is 27.9. The summed E-state index contributed by atoms with van der Waals surface area (Å²) in [5, 5.41) is 7.51. The van der Waals surface area contributed by atoms with Crippen LogP contribution in [-0.4, -0.2) is 33.6 Å². The highest BCUT2D eigenvalue weighted by atomic mass is 35.5. The Morgan fingerprint density at radius 1 is 1.38 bits per heavy atom. The molecule has 1 rings (SSSR count). The van der Waals surface area contributed by atoms with Crippen LogP contribution in [0, 0.1) is 0 Å². The number of carbonyl (C=O) groups excluding carboxylic acids is 1. The summed E-state index contributed by atoms with van der Waals surface area (Å²) in [4.78, 5) is 11.8. The van der Waals surface area contributed by atoms with Gasteiger partial charge in [0.25, 0.3) is 5.91 Å². The van der Waals surface area contributed by atoms with Crippen molar-refractivity contribution in [2.24, 2.45) is 5.14 Å². The highest BCUT2D eigenvalue weighted by Crippen LogP contribution is 2.29. The topological polar surface area (TPSA) is 98.5 Å². The number of nitrogens with two attached hydrogens (primary N) is 1. The molecule has 0 atom stereocenters. The molecule has 0 aliphatic carbocycles. The fourth-order valence-corrected chi connectivity index (χ4v) is 2.40. The van der Waals surface area contributed by atoms with Crippen LogP contribution in [0.3, 0.4) is 0 Å². The molecular formula is C12H16Cl2N2O4S. The van der Waals surface area contributed by atoms with Crippen molar-refractivity contribution in [3.05, 3.63) is 27.7 Å². The van der Waals surface area contributed by atoms with Crippen LogP contribution in [-0.2, 0) is 14.8 Å². The number of primary sulfonamides is 1.